The normalized spacial score (nSPS) is 14.9. The van der Waals surface area contributed by atoms with Crippen LogP contribution < -0.4 is 0 Å². The van der Waals surface area contributed by atoms with Crippen LogP contribution in [0.1, 0.15) is 96.8 Å². The van der Waals surface area contributed by atoms with Gasteiger partial charge in [0.2, 0.25) is 0 Å². The molecule has 0 amide bonds. The van der Waals surface area contributed by atoms with E-state index in [0.717, 1.165) is 11.6 Å². The summed E-state index contributed by atoms with van der Waals surface area (Å²) in [4.78, 5) is 9.89. The second-order valence-corrected chi connectivity index (χ2v) is 22.6. The quantitative estimate of drug-likeness (QED) is 0.0641. The van der Waals surface area contributed by atoms with Crippen molar-refractivity contribution in [2.24, 2.45) is 5.92 Å². The van der Waals surface area contributed by atoms with Crippen molar-refractivity contribution in [3.8, 4) is 0 Å². The molecule has 0 radical (unpaired) electrons. The third-order valence-electron chi connectivity index (χ3n) is 5.89. The van der Waals surface area contributed by atoms with Crippen molar-refractivity contribution in [2.75, 3.05) is 40.1 Å². The van der Waals surface area contributed by atoms with Gasteiger partial charge in [-0.05, 0) is 0 Å². The summed E-state index contributed by atoms with van der Waals surface area (Å²) in [5.41, 5.74) is 6.69. The summed E-state index contributed by atoms with van der Waals surface area (Å²) < 4.78 is 33.4. The Bertz CT molecular complexity index is 486. The Labute approximate surface area is 214 Å². The topological polar surface area (TPSA) is 74.2 Å². The molecular weight excluding hydrogens is 514 g/mol. The van der Waals surface area contributed by atoms with Crippen molar-refractivity contribution >= 4 is 21.4 Å². The summed E-state index contributed by atoms with van der Waals surface area (Å²) in [6.07, 6.45) is 18.8. The van der Waals surface area contributed by atoms with Crippen molar-refractivity contribution in [1.29, 1.82) is 0 Å². The van der Waals surface area contributed by atoms with Crippen LogP contribution in [0.2, 0.25) is 22.3 Å². The molecule has 0 aliphatic rings. The van der Waals surface area contributed by atoms with E-state index in [4.69, 9.17) is 18.5 Å². The monoisotopic (exact) mass is 571 g/mol. The Kier molecular flexibility index (Phi) is 23.2. The van der Waals surface area contributed by atoms with E-state index in [1.165, 1.54) is 83.5 Å². The molecule has 6 nitrogen and oxygen atoms in total. The summed E-state index contributed by atoms with van der Waals surface area (Å²) in [6.45, 7) is 4.24. The van der Waals surface area contributed by atoms with Crippen molar-refractivity contribution in [3.05, 3.63) is 0 Å². The molecule has 0 bridgehead atoms. The Morgan fingerprint density at radius 1 is 0.706 bits per heavy atom. The fourth-order valence-corrected chi connectivity index (χ4v) is 6.14. The Morgan fingerprint density at radius 2 is 1.21 bits per heavy atom. The molecule has 1 N–H and O–H groups in total. The van der Waals surface area contributed by atoms with Gasteiger partial charge < -0.3 is 0 Å². The van der Waals surface area contributed by atoms with E-state index in [-0.39, 0.29) is 19.1 Å². The number of ether oxygens (including phenoxy) is 2. The predicted molar refractivity (Wildman–Crippen MR) is 146 cm³/mol. The summed E-state index contributed by atoms with van der Waals surface area (Å²) in [7, 11) is -2.40. The molecule has 0 saturated carbocycles. The van der Waals surface area contributed by atoms with Crippen LogP contribution in [-0.4, -0.2) is 58.6 Å². The Hall–Kier alpha value is 0.588. The average Bonchev–Trinajstić information content (AvgIpc) is 2.76. The maximum absolute atomic E-state index is 12.1. The van der Waals surface area contributed by atoms with Gasteiger partial charge in [0.15, 0.2) is 0 Å². The number of unbranched alkanes of at least 4 members (excludes halogenated alkanes) is 13. The summed E-state index contributed by atoms with van der Waals surface area (Å²) in [5, 5.41) is 0.857. The second kappa shape index (κ2) is 22.8. The fraction of sp³-hybridized carbons (Fsp3) is 1.00. The van der Waals surface area contributed by atoms with Gasteiger partial charge in [0.1, 0.15) is 0 Å². The molecule has 2 unspecified atom stereocenters. The van der Waals surface area contributed by atoms with Crippen LogP contribution >= 0.6 is 7.82 Å². The van der Waals surface area contributed by atoms with Crippen molar-refractivity contribution in [1.82, 2.24) is 0 Å². The molecule has 2 atom stereocenters. The molecule has 8 heteroatoms. The first kappa shape index (κ1) is 34.6. The molecule has 0 rings (SSSR count). The average molecular weight is 572 g/mol. The number of phosphoric acid groups is 1. The van der Waals surface area contributed by atoms with Crippen molar-refractivity contribution in [2.45, 2.75) is 119 Å². The Balaban J connectivity index is 3.65. The molecule has 0 aromatic heterocycles. The van der Waals surface area contributed by atoms with Gasteiger partial charge in [-0.15, -0.1) is 0 Å². The van der Waals surface area contributed by atoms with Crippen molar-refractivity contribution < 1.29 is 28.0 Å². The van der Waals surface area contributed by atoms with Gasteiger partial charge in [-0.3, -0.25) is 0 Å². The van der Waals surface area contributed by atoms with Crippen LogP contribution in [0.15, 0.2) is 0 Å². The van der Waals surface area contributed by atoms with E-state index < -0.39 is 21.4 Å². The number of methoxy groups -OCH3 is 1. The summed E-state index contributed by atoms with van der Waals surface area (Å²) in [5.74, 6) is -0.0834. The van der Waals surface area contributed by atoms with Crippen LogP contribution in [0, 0.1) is 5.92 Å². The van der Waals surface area contributed by atoms with Gasteiger partial charge in [0.05, 0.1) is 0 Å². The molecular formula is C26H57AsO6P+. The van der Waals surface area contributed by atoms with Crippen LogP contribution in [0.25, 0.3) is 0 Å². The molecule has 0 aromatic carbocycles. The standard InChI is InChI=1S/C26H56AsO6P/c1-6-7-8-9-10-11-12-13-14-15-16-17-18-19-21-31-24-26(23-30-5)25-33-34(28,29)32-22-20-27(2,3)4/h26H,6-25H2,1-5H3/p+1. The number of hydrogen-bond acceptors (Lipinski definition) is 5. The van der Waals surface area contributed by atoms with Gasteiger partial charge in [-0.2, -0.15) is 0 Å². The third kappa shape index (κ3) is 25.7. The number of rotatable bonds is 26. The zero-order chi connectivity index (χ0) is 25.5. The van der Waals surface area contributed by atoms with E-state index in [1.54, 1.807) is 7.11 Å². The van der Waals surface area contributed by atoms with Gasteiger partial charge >= 0.3 is 131 Å². The van der Waals surface area contributed by atoms with Gasteiger partial charge in [-0.25, -0.2) is 0 Å². The summed E-state index contributed by atoms with van der Waals surface area (Å²) in [6, 6.07) is 0. The maximum atomic E-state index is 12.1. The van der Waals surface area contributed by atoms with Crippen LogP contribution in [-0.2, 0) is 23.1 Å². The van der Waals surface area contributed by atoms with E-state index >= 15 is 0 Å². The number of phosphoric ester groups is 1. The molecule has 206 valence electrons. The SMILES string of the molecule is CCCCCCCCCCCCCCCCOCC(COC)COP(=O)(O)OCC[As+](C)(C)C. The number of hydrogen-bond donors (Lipinski definition) is 1. The molecule has 0 heterocycles. The zero-order valence-corrected chi connectivity index (χ0v) is 25.9. The van der Waals surface area contributed by atoms with Gasteiger partial charge in [0.25, 0.3) is 0 Å². The predicted octanol–water partition coefficient (Wildman–Crippen LogP) is 8.22. The first-order chi connectivity index (χ1) is 16.2. The van der Waals surface area contributed by atoms with Crippen LogP contribution in [0.3, 0.4) is 0 Å². The Morgan fingerprint density at radius 3 is 1.68 bits per heavy atom. The van der Waals surface area contributed by atoms with Crippen molar-refractivity contribution in [3.63, 3.8) is 0 Å². The molecule has 0 aromatic rings. The molecule has 0 aliphatic heterocycles. The molecule has 0 saturated heterocycles. The zero-order valence-electron chi connectivity index (χ0n) is 23.1. The van der Waals surface area contributed by atoms with E-state index in [1.807, 2.05) is 0 Å². The third-order valence-corrected chi connectivity index (χ3v) is 10.1. The molecule has 0 fully saturated rings. The first-order valence-corrected chi connectivity index (χ1v) is 22.1. The van der Waals surface area contributed by atoms with E-state index in [0.29, 0.717) is 19.8 Å². The second-order valence-electron chi connectivity index (χ2n) is 10.6. The minimum absolute atomic E-state index is 0.0834. The van der Waals surface area contributed by atoms with Gasteiger partial charge in [-0.1, -0.05) is 84.0 Å². The summed E-state index contributed by atoms with van der Waals surface area (Å²) >= 11 is -1.64. The van der Waals surface area contributed by atoms with Crippen LogP contribution in [0.5, 0.6) is 0 Å². The molecule has 34 heavy (non-hydrogen) atoms. The molecule has 0 aliphatic carbocycles. The van der Waals surface area contributed by atoms with E-state index in [9.17, 15) is 9.46 Å². The van der Waals surface area contributed by atoms with Crippen LogP contribution in [0.4, 0.5) is 0 Å². The minimum atomic E-state index is -4.02. The molecule has 0 spiro atoms. The first-order valence-electron chi connectivity index (χ1n) is 13.7. The fourth-order valence-electron chi connectivity index (χ4n) is 3.70. The van der Waals surface area contributed by atoms with Gasteiger partial charge in [0, 0.05) is 0 Å². The van der Waals surface area contributed by atoms with E-state index in [2.05, 4.69) is 24.1 Å².